The summed E-state index contributed by atoms with van der Waals surface area (Å²) in [5, 5.41) is 16.9. The van der Waals surface area contributed by atoms with Gasteiger partial charge in [0.05, 0.1) is 11.3 Å². The van der Waals surface area contributed by atoms with Crippen molar-refractivity contribution in [3.63, 3.8) is 0 Å². The second-order valence-electron chi connectivity index (χ2n) is 4.19. The minimum Gasteiger partial charge on any atom is -0.481 e. The first-order valence-corrected chi connectivity index (χ1v) is 7.05. The lowest BCUT2D eigenvalue weighted by Gasteiger charge is -2.06. The van der Waals surface area contributed by atoms with Gasteiger partial charge < -0.3 is 10.4 Å². The van der Waals surface area contributed by atoms with Crippen LogP contribution in [0, 0.1) is 0 Å². The monoisotopic (exact) mass is 307 g/mol. The van der Waals surface area contributed by atoms with E-state index in [9.17, 15) is 14.4 Å². The van der Waals surface area contributed by atoms with E-state index >= 15 is 0 Å². The van der Waals surface area contributed by atoms with Crippen molar-refractivity contribution in [2.75, 3.05) is 6.54 Å². The van der Waals surface area contributed by atoms with E-state index in [1.807, 2.05) is 17.5 Å². The minimum absolute atomic E-state index is 0.0214. The van der Waals surface area contributed by atoms with Crippen molar-refractivity contribution in [3.05, 3.63) is 40.0 Å². The molecule has 0 atom stereocenters. The molecule has 0 aliphatic heterocycles. The zero-order valence-corrected chi connectivity index (χ0v) is 11.8. The zero-order chi connectivity index (χ0) is 15.2. The highest BCUT2D eigenvalue weighted by Gasteiger charge is 2.08. The Kier molecular flexibility index (Phi) is 4.83. The van der Waals surface area contributed by atoms with Crippen molar-refractivity contribution >= 4 is 23.2 Å². The second kappa shape index (κ2) is 6.80. The molecule has 0 radical (unpaired) electrons. The van der Waals surface area contributed by atoms with Crippen molar-refractivity contribution in [3.8, 4) is 10.6 Å². The number of carboxylic acids is 1. The Morgan fingerprint density at radius 2 is 2.14 bits per heavy atom. The first-order chi connectivity index (χ1) is 10.1. The molecule has 0 fully saturated rings. The molecule has 2 N–H and O–H groups in total. The summed E-state index contributed by atoms with van der Waals surface area (Å²) in [6.07, 6.45) is -0.163. The van der Waals surface area contributed by atoms with E-state index in [-0.39, 0.29) is 25.1 Å². The number of hydrogen-bond donors (Lipinski definition) is 2. The first kappa shape index (κ1) is 14.9. The highest BCUT2D eigenvalue weighted by atomic mass is 32.1. The summed E-state index contributed by atoms with van der Waals surface area (Å²) in [5.41, 5.74) is 0.228. The van der Waals surface area contributed by atoms with E-state index < -0.39 is 11.9 Å². The summed E-state index contributed by atoms with van der Waals surface area (Å²) >= 11 is 1.48. The van der Waals surface area contributed by atoms with Crippen molar-refractivity contribution in [2.24, 2.45) is 0 Å². The molecule has 0 aromatic carbocycles. The average molecular weight is 307 g/mol. The van der Waals surface area contributed by atoms with Gasteiger partial charge >= 0.3 is 5.97 Å². The van der Waals surface area contributed by atoms with Crippen molar-refractivity contribution in [1.82, 2.24) is 15.1 Å². The summed E-state index contributed by atoms with van der Waals surface area (Å²) in [5.74, 6) is -1.44. The molecule has 7 nitrogen and oxygen atoms in total. The number of carbonyl (C=O) groups is 2. The first-order valence-electron chi connectivity index (χ1n) is 6.17. The minimum atomic E-state index is -0.995. The molecule has 2 aromatic heterocycles. The number of nitrogens with zero attached hydrogens (tertiary/aromatic N) is 2. The van der Waals surface area contributed by atoms with Crippen LogP contribution in [0.2, 0.25) is 0 Å². The molecular formula is C13H13N3O4S. The van der Waals surface area contributed by atoms with Gasteiger partial charge in [0, 0.05) is 12.6 Å². The lowest BCUT2D eigenvalue weighted by molar-refractivity contribution is -0.136. The molecule has 110 valence electrons. The lowest BCUT2D eigenvalue weighted by atomic mass is 10.3. The number of carbonyl (C=O) groups excluding carboxylic acids is 1. The maximum Gasteiger partial charge on any atom is 0.305 e. The number of aromatic nitrogens is 2. The topological polar surface area (TPSA) is 101 Å². The molecule has 0 unspecified atom stereocenters. The number of thiophene rings is 1. The van der Waals surface area contributed by atoms with Crippen LogP contribution in [0.15, 0.2) is 34.4 Å². The third-order valence-electron chi connectivity index (χ3n) is 2.59. The summed E-state index contributed by atoms with van der Waals surface area (Å²) in [7, 11) is 0. The lowest BCUT2D eigenvalue weighted by Crippen LogP contribution is -2.34. The van der Waals surface area contributed by atoms with Gasteiger partial charge in [-0.25, -0.2) is 4.68 Å². The number of nitrogens with one attached hydrogen (secondary N) is 1. The van der Waals surface area contributed by atoms with Crippen LogP contribution < -0.4 is 10.9 Å². The Balaban J connectivity index is 2.06. The Morgan fingerprint density at radius 1 is 1.33 bits per heavy atom. The van der Waals surface area contributed by atoms with E-state index in [1.165, 1.54) is 17.4 Å². The molecule has 0 saturated carbocycles. The smallest absolute Gasteiger partial charge is 0.305 e. The fourth-order valence-electron chi connectivity index (χ4n) is 1.62. The quantitative estimate of drug-likeness (QED) is 0.812. The summed E-state index contributed by atoms with van der Waals surface area (Å²) in [6.45, 7) is -0.217. The molecule has 8 heteroatoms. The van der Waals surface area contributed by atoms with E-state index in [4.69, 9.17) is 5.11 Å². The zero-order valence-electron chi connectivity index (χ0n) is 11.0. The molecule has 0 saturated heterocycles. The highest BCUT2D eigenvalue weighted by Crippen LogP contribution is 2.20. The van der Waals surface area contributed by atoms with Gasteiger partial charge in [0.1, 0.15) is 12.2 Å². The van der Waals surface area contributed by atoms with Gasteiger partial charge in [0.25, 0.3) is 5.56 Å². The van der Waals surface area contributed by atoms with Gasteiger partial charge in [-0.15, -0.1) is 11.3 Å². The van der Waals surface area contributed by atoms with Crippen LogP contribution in [0.3, 0.4) is 0 Å². The highest BCUT2D eigenvalue weighted by molar-refractivity contribution is 7.13. The molecule has 21 heavy (non-hydrogen) atoms. The number of aliphatic carboxylic acids is 1. The number of amides is 1. The number of carboxylic acid groups (broad SMARTS) is 1. The Morgan fingerprint density at radius 3 is 2.81 bits per heavy atom. The third kappa shape index (κ3) is 4.25. The maximum absolute atomic E-state index is 11.7. The molecule has 1 amide bonds. The molecule has 0 aliphatic rings. The summed E-state index contributed by atoms with van der Waals surface area (Å²) in [4.78, 5) is 34.6. The van der Waals surface area contributed by atoms with Gasteiger partial charge in [-0.1, -0.05) is 6.07 Å². The van der Waals surface area contributed by atoms with E-state index in [0.717, 1.165) is 9.56 Å². The van der Waals surface area contributed by atoms with E-state index in [1.54, 1.807) is 6.07 Å². The molecule has 0 spiro atoms. The van der Waals surface area contributed by atoms with Gasteiger partial charge in [-0.2, -0.15) is 5.10 Å². The Labute approximate surface area is 123 Å². The van der Waals surface area contributed by atoms with Gasteiger partial charge in [0.2, 0.25) is 5.91 Å². The normalized spacial score (nSPS) is 10.3. The summed E-state index contributed by atoms with van der Waals surface area (Å²) < 4.78 is 1.06. The van der Waals surface area contributed by atoms with Crippen LogP contribution in [-0.2, 0) is 16.1 Å². The van der Waals surface area contributed by atoms with Crippen LogP contribution in [0.1, 0.15) is 6.42 Å². The van der Waals surface area contributed by atoms with Crippen molar-refractivity contribution in [1.29, 1.82) is 0 Å². The molecule has 2 aromatic rings. The molecule has 0 aliphatic carbocycles. The average Bonchev–Trinajstić information content (AvgIpc) is 2.95. The second-order valence-corrected chi connectivity index (χ2v) is 5.13. The predicted molar refractivity (Wildman–Crippen MR) is 77.1 cm³/mol. The molecule has 2 heterocycles. The Hall–Kier alpha value is -2.48. The standard InChI is InChI=1S/C13H13N3O4S/c17-11(14-6-5-13(19)20)8-16-12(18)4-3-9(15-16)10-2-1-7-21-10/h1-4,7H,5-6,8H2,(H,14,17)(H,19,20). The van der Waals surface area contributed by atoms with Crippen molar-refractivity contribution < 1.29 is 14.7 Å². The summed E-state index contributed by atoms with van der Waals surface area (Å²) in [6, 6.07) is 6.70. The van der Waals surface area contributed by atoms with E-state index in [0.29, 0.717) is 5.69 Å². The third-order valence-corrected chi connectivity index (χ3v) is 3.49. The molecular weight excluding hydrogens is 294 g/mol. The SMILES string of the molecule is O=C(O)CCNC(=O)Cn1nc(-c2cccs2)ccc1=O. The van der Waals surface area contributed by atoms with E-state index in [2.05, 4.69) is 10.4 Å². The van der Waals surface area contributed by atoms with Crippen LogP contribution in [0.5, 0.6) is 0 Å². The fourth-order valence-corrected chi connectivity index (χ4v) is 2.31. The van der Waals surface area contributed by atoms with Crippen LogP contribution in [0.25, 0.3) is 10.6 Å². The van der Waals surface area contributed by atoms with Crippen LogP contribution in [-0.4, -0.2) is 33.3 Å². The molecule has 2 rings (SSSR count). The van der Waals surface area contributed by atoms with Gasteiger partial charge in [-0.05, 0) is 17.5 Å². The van der Waals surface area contributed by atoms with Crippen molar-refractivity contribution in [2.45, 2.75) is 13.0 Å². The largest absolute Gasteiger partial charge is 0.481 e. The fraction of sp³-hybridized carbons (Fsp3) is 0.231. The van der Waals surface area contributed by atoms with Gasteiger partial charge in [-0.3, -0.25) is 14.4 Å². The Bertz CT molecular complexity index is 694. The molecule has 0 bridgehead atoms. The maximum atomic E-state index is 11.7. The number of hydrogen-bond acceptors (Lipinski definition) is 5. The predicted octanol–water partition coefficient (Wildman–Crippen LogP) is 0.563. The van der Waals surface area contributed by atoms with Gasteiger partial charge in [0.15, 0.2) is 0 Å². The van der Waals surface area contributed by atoms with Crippen LogP contribution in [0.4, 0.5) is 0 Å². The van der Waals surface area contributed by atoms with Crippen LogP contribution >= 0.6 is 11.3 Å². The number of rotatable bonds is 6.